The number of amides is 1. The molecule has 0 radical (unpaired) electrons. The lowest BCUT2D eigenvalue weighted by atomic mass is 10.1. The summed E-state index contributed by atoms with van der Waals surface area (Å²) in [5.41, 5.74) is 1.45. The average molecular weight is 422 g/mol. The van der Waals surface area contributed by atoms with E-state index in [-0.39, 0.29) is 23.4 Å². The molecule has 6 nitrogen and oxygen atoms in total. The highest BCUT2D eigenvalue weighted by Crippen LogP contribution is 2.23. The van der Waals surface area contributed by atoms with Gasteiger partial charge in [-0.2, -0.15) is 4.31 Å². The van der Waals surface area contributed by atoms with Crippen molar-refractivity contribution in [3.8, 4) is 0 Å². The van der Waals surface area contributed by atoms with Crippen LogP contribution in [-0.4, -0.2) is 38.3 Å². The Hall–Kier alpha value is -1.93. The van der Waals surface area contributed by atoms with E-state index in [1.165, 1.54) is 10.4 Å². The Balaban J connectivity index is 1.60. The summed E-state index contributed by atoms with van der Waals surface area (Å²) in [5, 5.41) is 6.54. The molecule has 28 heavy (non-hydrogen) atoms. The van der Waals surface area contributed by atoms with E-state index in [1.54, 1.807) is 24.3 Å². The lowest BCUT2D eigenvalue weighted by Gasteiger charge is -2.17. The average Bonchev–Trinajstić information content (AvgIpc) is 3.22. The second-order valence-corrected chi connectivity index (χ2v) is 9.22. The van der Waals surface area contributed by atoms with E-state index in [4.69, 9.17) is 11.6 Å². The van der Waals surface area contributed by atoms with Crippen molar-refractivity contribution in [2.24, 2.45) is 0 Å². The Labute approximate surface area is 170 Å². The third-order valence-electron chi connectivity index (χ3n) is 4.74. The van der Waals surface area contributed by atoms with E-state index < -0.39 is 10.0 Å². The quantitative estimate of drug-likeness (QED) is 0.718. The van der Waals surface area contributed by atoms with Crippen LogP contribution >= 0.6 is 11.6 Å². The number of benzene rings is 2. The highest BCUT2D eigenvalue weighted by molar-refractivity contribution is 7.89. The fourth-order valence-corrected chi connectivity index (χ4v) is 4.92. The molecule has 1 atom stereocenters. The topological polar surface area (TPSA) is 78.5 Å². The van der Waals surface area contributed by atoms with Crippen molar-refractivity contribution in [2.45, 2.75) is 30.7 Å². The SMILES string of the molecule is C[C@H](NCC(=O)Nc1cccc(S(=O)(=O)N2CCCC2)c1)c1cccc(Cl)c1. The van der Waals surface area contributed by atoms with E-state index in [2.05, 4.69) is 10.6 Å². The number of hydrogen-bond donors (Lipinski definition) is 2. The molecule has 1 amide bonds. The second-order valence-electron chi connectivity index (χ2n) is 6.84. The van der Waals surface area contributed by atoms with Crippen molar-refractivity contribution in [1.82, 2.24) is 9.62 Å². The van der Waals surface area contributed by atoms with Gasteiger partial charge in [-0.1, -0.05) is 29.8 Å². The van der Waals surface area contributed by atoms with Gasteiger partial charge in [0.2, 0.25) is 15.9 Å². The molecule has 3 rings (SSSR count). The molecule has 0 unspecified atom stereocenters. The van der Waals surface area contributed by atoms with Gasteiger partial charge in [0.05, 0.1) is 11.4 Å². The van der Waals surface area contributed by atoms with Crippen molar-refractivity contribution < 1.29 is 13.2 Å². The number of rotatable bonds is 7. The number of nitrogens with one attached hydrogen (secondary N) is 2. The summed E-state index contributed by atoms with van der Waals surface area (Å²) >= 11 is 6.00. The highest BCUT2D eigenvalue weighted by Gasteiger charge is 2.27. The van der Waals surface area contributed by atoms with Crippen molar-refractivity contribution in [1.29, 1.82) is 0 Å². The molecule has 1 saturated heterocycles. The van der Waals surface area contributed by atoms with Gasteiger partial charge in [-0.3, -0.25) is 4.79 Å². The van der Waals surface area contributed by atoms with E-state index >= 15 is 0 Å². The van der Waals surface area contributed by atoms with Crippen LogP contribution in [0.4, 0.5) is 5.69 Å². The molecule has 1 fully saturated rings. The lowest BCUT2D eigenvalue weighted by molar-refractivity contribution is -0.115. The molecular formula is C20H24ClN3O3S. The fraction of sp³-hybridized carbons (Fsp3) is 0.350. The standard InChI is InChI=1S/C20H24ClN3O3S/c1-15(16-6-4-7-17(21)12-16)22-14-20(25)23-18-8-5-9-19(13-18)28(26,27)24-10-2-3-11-24/h4-9,12-13,15,22H,2-3,10-11,14H2,1H3,(H,23,25)/t15-/m0/s1. The van der Waals surface area contributed by atoms with E-state index in [0.29, 0.717) is 23.8 Å². The van der Waals surface area contributed by atoms with Gasteiger partial charge in [-0.05, 0) is 55.7 Å². The highest BCUT2D eigenvalue weighted by atomic mass is 35.5. The van der Waals surface area contributed by atoms with Gasteiger partial charge < -0.3 is 10.6 Å². The molecule has 150 valence electrons. The summed E-state index contributed by atoms with van der Waals surface area (Å²) in [6, 6.07) is 13.8. The Bertz CT molecular complexity index is 943. The van der Waals surface area contributed by atoms with Crippen molar-refractivity contribution in [2.75, 3.05) is 25.0 Å². The van der Waals surface area contributed by atoms with Crippen LogP contribution in [0.5, 0.6) is 0 Å². The molecule has 1 heterocycles. The van der Waals surface area contributed by atoms with Crippen LogP contribution in [0.1, 0.15) is 31.4 Å². The van der Waals surface area contributed by atoms with Gasteiger partial charge in [0.1, 0.15) is 0 Å². The smallest absolute Gasteiger partial charge is 0.243 e. The van der Waals surface area contributed by atoms with Gasteiger partial charge in [0.15, 0.2) is 0 Å². The molecule has 0 spiro atoms. The van der Waals surface area contributed by atoms with Crippen LogP contribution in [0, 0.1) is 0 Å². The Kier molecular flexibility index (Phi) is 6.72. The Morgan fingerprint density at radius 2 is 1.86 bits per heavy atom. The molecule has 2 N–H and O–H groups in total. The molecule has 2 aromatic carbocycles. The molecular weight excluding hydrogens is 398 g/mol. The Morgan fingerprint density at radius 3 is 2.57 bits per heavy atom. The zero-order valence-electron chi connectivity index (χ0n) is 15.7. The monoisotopic (exact) mass is 421 g/mol. The molecule has 0 aromatic heterocycles. The lowest BCUT2D eigenvalue weighted by Crippen LogP contribution is -2.30. The number of carbonyl (C=O) groups is 1. The number of halogens is 1. The van der Waals surface area contributed by atoms with Crippen LogP contribution in [0.3, 0.4) is 0 Å². The molecule has 8 heteroatoms. The van der Waals surface area contributed by atoms with Crippen molar-refractivity contribution in [3.05, 3.63) is 59.1 Å². The molecule has 1 aliphatic rings. The fourth-order valence-electron chi connectivity index (χ4n) is 3.16. The number of anilines is 1. The predicted octanol–water partition coefficient (Wildman–Crippen LogP) is 3.41. The van der Waals surface area contributed by atoms with Gasteiger partial charge >= 0.3 is 0 Å². The second kappa shape index (κ2) is 9.05. The number of nitrogens with zero attached hydrogens (tertiary/aromatic N) is 1. The van der Waals surface area contributed by atoms with Crippen LogP contribution in [-0.2, 0) is 14.8 Å². The number of hydrogen-bond acceptors (Lipinski definition) is 4. The summed E-state index contributed by atoms with van der Waals surface area (Å²) in [7, 11) is -3.51. The largest absolute Gasteiger partial charge is 0.325 e. The normalized spacial score (nSPS) is 16.1. The molecule has 0 bridgehead atoms. The third kappa shape index (κ3) is 5.11. The zero-order valence-corrected chi connectivity index (χ0v) is 17.3. The first-order valence-corrected chi connectivity index (χ1v) is 11.1. The minimum Gasteiger partial charge on any atom is -0.325 e. The summed E-state index contributed by atoms with van der Waals surface area (Å²) < 4.78 is 26.8. The number of sulfonamides is 1. The minimum absolute atomic E-state index is 0.0497. The van der Waals surface area contributed by atoms with Crippen molar-refractivity contribution >= 4 is 33.2 Å². The van der Waals surface area contributed by atoms with Crippen LogP contribution in [0.25, 0.3) is 0 Å². The first kappa shape index (κ1) is 20.8. The summed E-state index contributed by atoms with van der Waals surface area (Å²) in [6.45, 7) is 3.13. The summed E-state index contributed by atoms with van der Waals surface area (Å²) in [4.78, 5) is 12.5. The van der Waals surface area contributed by atoms with E-state index in [9.17, 15) is 13.2 Å². The predicted molar refractivity (Wildman–Crippen MR) is 111 cm³/mol. The van der Waals surface area contributed by atoms with Gasteiger partial charge in [0.25, 0.3) is 0 Å². The summed E-state index contributed by atoms with van der Waals surface area (Å²) in [6.07, 6.45) is 1.76. The van der Waals surface area contributed by atoms with E-state index in [1.807, 2.05) is 25.1 Å². The van der Waals surface area contributed by atoms with Crippen LogP contribution < -0.4 is 10.6 Å². The Morgan fingerprint density at radius 1 is 1.14 bits per heavy atom. The maximum absolute atomic E-state index is 12.7. The van der Waals surface area contributed by atoms with Crippen LogP contribution in [0.2, 0.25) is 5.02 Å². The first-order chi connectivity index (χ1) is 13.4. The maximum Gasteiger partial charge on any atom is 0.243 e. The van der Waals surface area contributed by atoms with Crippen LogP contribution in [0.15, 0.2) is 53.4 Å². The van der Waals surface area contributed by atoms with Crippen molar-refractivity contribution in [3.63, 3.8) is 0 Å². The maximum atomic E-state index is 12.7. The molecule has 2 aromatic rings. The molecule has 1 aliphatic heterocycles. The van der Waals surface area contributed by atoms with Gasteiger partial charge in [-0.15, -0.1) is 0 Å². The number of carbonyl (C=O) groups excluding carboxylic acids is 1. The molecule has 0 aliphatic carbocycles. The molecule has 0 saturated carbocycles. The van der Waals surface area contributed by atoms with Gasteiger partial charge in [0, 0.05) is 29.8 Å². The first-order valence-electron chi connectivity index (χ1n) is 9.25. The summed E-state index contributed by atoms with van der Waals surface area (Å²) in [5.74, 6) is -0.246. The zero-order chi connectivity index (χ0) is 20.1. The minimum atomic E-state index is -3.51. The van der Waals surface area contributed by atoms with E-state index in [0.717, 1.165) is 18.4 Å². The van der Waals surface area contributed by atoms with Gasteiger partial charge in [-0.25, -0.2) is 8.42 Å². The third-order valence-corrected chi connectivity index (χ3v) is 6.87.